The van der Waals surface area contributed by atoms with Gasteiger partial charge in [-0.1, -0.05) is 42.5 Å². The summed E-state index contributed by atoms with van der Waals surface area (Å²) >= 11 is 0. The molecule has 2 aromatic heterocycles. The number of rotatable bonds is 3. The van der Waals surface area contributed by atoms with Crippen LogP contribution < -0.4 is 11.1 Å². The number of nitrogen functional groups attached to an aromatic ring is 1. The Morgan fingerprint density at radius 1 is 1.16 bits per heavy atom. The van der Waals surface area contributed by atoms with Gasteiger partial charge in [0.15, 0.2) is 5.82 Å². The molecule has 0 radical (unpaired) electrons. The van der Waals surface area contributed by atoms with E-state index in [2.05, 4.69) is 15.4 Å². The molecule has 156 valence electrons. The number of nitrogens with two attached hydrogens (primary N) is 1. The molecule has 1 saturated heterocycles. The number of amides is 2. The zero-order valence-corrected chi connectivity index (χ0v) is 17.0. The van der Waals surface area contributed by atoms with Gasteiger partial charge in [-0.25, -0.2) is 14.3 Å². The van der Waals surface area contributed by atoms with E-state index < -0.39 is 0 Å². The number of hydrogen-bond donors (Lipinski definition) is 2. The molecule has 8 heteroatoms. The van der Waals surface area contributed by atoms with E-state index in [1.54, 1.807) is 4.52 Å². The van der Waals surface area contributed by atoms with Gasteiger partial charge in [0.25, 0.3) is 0 Å². The number of hydroxylamine groups is 2. The Hall–Kier alpha value is -3.91. The van der Waals surface area contributed by atoms with Crippen LogP contribution in [0.4, 0.5) is 16.3 Å². The van der Waals surface area contributed by atoms with E-state index in [-0.39, 0.29) is 12.1 Å². The van der Waals surface area contributed by atoms with Crippen molar-refractivity contribution in [1.29, 1.82) is 0 Å². The van der Waals surface area contributed by atoms with Crippen molar-refractivity contribution in [2.45, 2.75) is 19.4 Å². The van der Waals surface area contributed by atoms with Gasteiger partial charge in [-0.2, -0.15) is 10.2 Å². The molecule has 1 aliphatic rings. The molecular weight excluding hydrogens is 392 g/mol. The molecule has 0 spiro atoms. The molecule has 31 heavy (non-hydrogen) atoms. The summed E-state index contributed by atoms with van der Waals surface area (Å²) in [6.07, 6.45) is 2.19. The Bertz CT molecular complexity index is 1250. The predicted octanol–water partition coefficient (Wildman–Crippen LogP) is 4.20. The summed E-state index contributed by atoms with van der Waals surface area (Å²) in [7, 11) is 0. The van der Waals surface area contributed by atoms with Crippen molar-refractivity contribution in [3.63, 3.8) is 0 Å². The Morgan fingerprint density at radius 2 is 2.00 bits per heavy atom. The summed E-state index contributed by atoms with van der Waals surface area (Å²) in [5, 5.41) is 8.75. The zero-order chi connectivity index (χ0) is 21.4. The number of aromatic nitrogens is 3. The number of fused-ring (bicyclic) bond motifs is 1. The Kier molecular flexibility index (Phi) is 4.76. The lowest BCUT2D eigenvalue weighted by molar-refractivity contribution is -0.0829. The SMILES string of the molecule is Cc1ccc(-c2ccc3c(N)ncnn23)cc1NC(=O)N1OCCC1c1ccccc1. The fraction of sp³-hybridized carbons (Fsp3) is 0.174. The third-order valence-corrected chi connectivity index (χ3v) is 5.55. The topological polar surface area (TPSA) is 97.8 Å². The van der Waals surface area contributed by atoms with Gasteiger partial charge >= 0.3 is 6.03 Å². The molecule has 1 fully saturated rings. The van der Waals surface area contributed by atoms with Crippen LogP contribution in [0.2, 0.25) is 0 Å². The van der Waals surface area contributed by atoms with Crippen LogP contribution in [-0.4, -0.2) is 32.3 Å². The average molecular weight is 414 g/mol. The van der Waals surface area contributed by atoms with E-state index in [1.807, 2.05) is 67.6 Å². The average Bonchev–Trinajstić information content (AvgIpc) is 3.44. The molecule has 0 bridgehead atoms. The van der Waals surface area contributed by atoms with Gasteiger partial charge in [0.2, 0.25) is 0 Å². The highest BCUT2D eigenvalue weighted by Crippen LogP contribution is 2.32. The first-order valence-corrected chi connectivity index (χ1v) is 10.1. The van der Waals surface area contributed by atoms with Gasteiger partial charge in [0, 0.05) is 17.7 Å². The maximum absolute atomic E-state index is 13.1. The maximum Gasteiger partial charge on any atom is 0.346 e. The van der Waals surface area contributed by atoms with Gasteiger partial charge in [-0.05, 0) is 36.2 Å². The van der Waals surface area contributed by atoms with Crippen molar-refractivity contribution < 1.29 is 9.63 Å². The number of benzene rings is 2. The Balaban J connectivity index is 1.43. The highest BCUT2D eigenvalue weighted by molar-refractivity contribution is 5.91. The van der Waals surface area contributed by atoms with E-state index in [0.717, 1.165) is 34.3 Å². The third kappa shape index (κ3) is 3.47. The van der Waals surface area contributed by atoms with Gasteiger partial charge in [-0.3, -0.25) is 4.84 Å². The first-order chi connectivity index (χ1) is 15.1. The predicted molar refractivity (Wildman–Crippen MR) is 118 cm³/mol. The minimum absolute atomic E-state index is 0.112. The number of carbonyl (C=O) groups excluding carboxylic acids is 1. The first-order valence-electron chi connectivity index (χ1n) is 10.1. The molecule has 2 amide bonds. The van der Waals surface area contributed by atoms with Crippen molar-refractivity contribution >= 4 is 23.1 Å². The van der Waals surface area contributed by atoms with Crippen LogP contribution in [0.3, 0.4) is 0 Å². The van der Waals surface area contributed by atoms with Crippen molar-refractivity contribution in [3.8, 4) is 11.3 Å². The molecule has 8 nitrogen and oxygen atoms in total. The molecule has 4 aromatic rings. The van der Waals surface area contributed by atoms with Crippen molar-refractivity contribution in [2.75, 3.05) is 17.7 Å². The van der Waals surface area contributed by atoms with Gasteiger partial charge in [-0.15, -0.1) is 0 Å². The summed E-state index contributed by atoms with van der Waals surface area (Å²) < 4.78 is 1.74. The van der Waals surface area contributed by atoms with Crippen LogP contribution >= 0.6 is 0 Å². The lowest BCUT2D eigenvalue weighted by atomic mass is 10.0. The van der Waals surface area contributed by atoms with E-state index >= 15 is 0 Å². The minimum atomic E-state index is -0.293. The number of anilines is 2. The number of urea groups is 1. The normalized spacial score (nSPS) is 16.0. The summed E-state index contributed by atoms with van der Waals surface area (Å²) in [5.41, 5.74) is 11.2. The fourth-order valence-electron chi connectivity index (χ4n) is 3.91. The molecule has 1 aliphatic heterocycles. The monoisotopic (exact) mass is 414 g/mol. The molecule has 3 N–H and O–H groups in total. The molecule has 3 heterocycles. The lowest BCUT2D eigenvalue weighted by Crippen LogP contribution is -2.33. The number of aryl methyl sites for hydroxylation is 1. The van der Waals surface area contributed by atoms with Crippen LogP contribution in [0.25, 0.3) is 16.8 Å². The largest absolute Gasteiger partial charge is 0.382 e. The molecule has 5 rings (SSSR count). The number of carbonyl (C=O) groups is 1. The van der Waals surface area contributed by atoms with Crippen molar-refractivity contribution in [1.82, 2.24) is 19.7 Å². The summed E-state index contributed by atoms with van der Waals surface area (Å²) in [6.45, 7) is 2.46. The van der Waals surface area contributed by atoms with Crippen LogP contribution in [0.5, 0.6) is 0 Å². The van der Waals surface area contributed by atoms with Crippen LogP contribution in [0, 0.1) is 6.92 Å². The quantitative estimate of drug-likeness (QED) is 0.524. The summed E-state index contributed by atoms with van der Waals surface area (Å²) in [6, 6.07) is 19.2. The lowest BCUT2D eigenvalue weighted by Gasteiger charge is -2.23. The summed E-state index contributed by atoms with van der Waals surface area (Å²) in [4.78, 5) is 22.7. The number of nitrogens with zero attached hydrogens (tertiary/aromatic N) is 4. The number of hydrogen-bond acceptors (Lipinski definition) is 5. The Labute approximate surface area is 179 Å². The standard InChI is InChI=1S/C23H22N6O2/c1-15-7-8-17(19-9-10-21-22(24)25-14-26-28(19)21)13-18(15)27-23(30)29-20(11-12-31-29)16-5-3-2-4-6-16/h2-10,13-14,20H,11-12H2,1H3,(H,27,30)(H2,24,25,26). The van der Waals surface area contributed by atoms with Crippen LogP contribution in [0.1, 0.15) is 23.6 Å². The maximum atomic E-state index is 13.1. The van der Waals surface area contributed by atoms with E-state index in [9.17, 15) is 4.79 Å². The van der Waals surface area contributed by atoms with Gasteiger partial charge in [0.05, 0.1) is 18.3 Å². The van der Waals surface area contributed by atoms with E-state index in [4.69, 9.17) is 10.6 Å². The minimum Gasteiger partial charge on any atom is -0.382 e. The van der Waals surface area contributed by atoms with Crippen LogP contribution in [0.15, 0.2) is 67.0 Å². The molecule has 1 atom stereocenters. The van der Waals surface area contributed by atoms with E-state index in [0.29, 0.717) is 18.1 Å². The Morgan fingerprint density at radius 3 is 2.84 bits per heavy atom. The highest BCUT2D eigenvalue weighted by atomic mass is 16.7. The first kappa shape index (κ1) is 19.1. The number of nitrogens with one attached hydrogen (secondary N) is 1. The molecule has 0 aliphatic carbocycles. The molecule has 0 saturated carbocycles. The smallest absolute Gasteiger partial charge is 0.346 e. The summed E-state index contributed by atoms with van der Waals surface area (Å²) in [5.74, 6) is 0.417. The van der Waals surface area contributed by atoms with Crippen LogP contribution in [-0.2, 0) is 4.84 Å². The zero-order valence-electron chi connectivity index (χ0n) is 17.0. The van der Waals surface area contributed by atoms with Crippen molar-refractivity contribution in [3.05, 3.63) is 78.1 Å². The molecule has 2 aromatic carbocycles. The second kappa shape index (κ2) is 7.73. The van der Waals surface area contributed by atoms with Gasteiger partial charge in [0.1, 0.15) is 11.8 Å². The molecular formula is C23H22N6O2. The molecule has 1 unspecified atom stereocenters. The van der Waals surface area contributed by atoms with Crippen molar-refractivity contribution in [2.24, 2.45) is 0 Å². The van der Waals surface area contributed by atoms with E-state index in [1.165, 1.54) is 11.4 Å². The fourth-order valence-corrected chi connectivity index (χ4v) is 3.91. The highest BCUT2D eigenvalue weighted by Gasteiger charge is 2.32. The third-order valence-electron chi connectivity index (χ3n) is 5.55. The van der Waals surface area contributed by atoms with Gasteiger partial charge < -0.3 is 11.1 Å². The second-order valence-electron chi connectivity index (χ2n) is 7.49. The second-order valence-corrected chi connectivity index (χ2v) is 7.49.